The molecule has 0 bridgehead atoms. The lowest BCUT2D eigenvalue weighted by molar-refractivity contribution is -0.211. The summed E-state index contributed by atoms with van der Waals surface area (Å²) >= 11 is 1.70. The van der Waals surface area contributed by atoms with E-state index in [1.807, 2.05) is 12.1 Å². The average molecular weight is 531 g/mol. The number of halogens is 3. The second-order valence-corrected chi connectivity index (χ2v) is 11.7. The Hall–Kier alpha value is -3.51. The summed E-state index contributed by atoms with van der Waals surface area (Å²) in [6, 6.07) is 22.2. The first kappa shape index (κ1) is 26.1. The largest absolute Gasteiger partial charge is 0.394 e. The molecule has 0 unspecified atom stereocenters. The second kappa shape index (κ2) is 9.66. The van der Waals surface area contributed by atoms with Crippen LogP contribution in [0.3, 0.4) is 0 Å². The Labute approximate surface area is 225 Å². The van der Waals surface area contributed by atoms with E-state index in [1.54, 1.807) is 29.8 Å². The number of aryl methyl sites for hydroxylation is 3. The van der Waals surface area contributed by atoms with Crippen molar-refractivity contribution >= 4 is 21.6 Å². The van der Waals surface area contributed by atoms with Crippen molar-refractivity contribution in [3.63, 3.8) is 0 Å². The van der Waals surface area contributed by atoms with Crippen LogP contribution >= 0.6 is 11.3 Å². The number of aromatic nitrogens is 2. The molecule has 5 rings (SSSR count). The molecule has 3 aromatic carbocycles. The van der Waals surface area contributed by atoms with Gasteiger partial charge >= 0.3 is 6.18 Å². The van der Waals surface area contributed by atoms with Gasteiger partial charge in [0.05, 0.1) is 21.3 Å². The molecule has 0 aliphatic heterocycles. The molecule has 38 heavy (non-hydrogen) atoms. The van der Waals surface area contributed by atoms with Gasteiger partial charge in [-0.15, -0.1) is 11.3 Å². The Balaban J connectivity index is 1.44. The number of alkyl halides is 3. The summed E-state index contributed by atoms with van der Waals surface area (Å²) in [6.45, 7) is 8.77. The predicted molar refractivity (Wildman–Crippen MR) is 151 cm³/mol. The van der Waals surface area contributed by atoms with Crippen LogP contribution in [-0.4, -0.2) is 16.1 Å². The van der Waals surface area contributed by atoms with Gasteiger partial charge in [0, 0.05) is 10.4 Å². The highest BCUT2D eigenvalue weighted by atomic mass is 32.1. The van der Waals surface area contributed by atoms with Gasteiger partial charge < -0.3 is 0 Å². The first-order valence-electron chi connectivity index (χ1n) is 12.5. The molecule has 2 heterocycles. The van der Waals surface area contributed by atoms with Gasteiger partial charge in [0.25, 0.3) is 0 Å². The molecule has 6 heteroatoms. The van der Waals surface area contributed by atoms with E-state index < -0.39 is 11.6 Å². The minimum Gasteiger partial charge on any atom is -0.235 e. The number of hydrogen-bond acceptors (Lipinski definition) is 3. The van der Waals surface area contributed by atoms with E-state index >= 15 is 0 Å². The van der Waals surface area contributed by atoms with Crippen LogP contribution < -0.4 is 0 Å². The lowest BCUT2D eigenvalue weighted by atomic mass is 9.84. The van der Waals surface area contributed by atoms with E-state index in [0.717, 1.165) is 48.6 Å². The topological polar surface area (TPSA) is 25.8 Å². The van der Waals surface area contributed by atoms with Gasteiger partial charge in [0.1, 0.15) is 6.33 Å². The standard InChI is InChI=1S/C32H29F3N2S/c1-19-14-20(2)16-26(15-19)28-30-27(36-18-37-28)21(3)29(38-30)25-12-10-24(11-13-25)23-8-6-22(7-9-23)17-31(4,5)32(33,34)35/h6-16,18H,17H2,1-5H3. The third-order valence-corrected chi connectivity index (χ3v) is 8.38. The lowest BCUT2D eigenvalue weighted by Crippen LogP contribution is -2.34. The summed E-state index contributed by atoms with van der Waals surface area (Å²) < 4.78 is 40.9. The fraction of sp³-hybridized carbons (Fsp3) is 0.250. The quantitative estimate of drug-likeness (QED) is 0.226. The van der Waals surface area contributed by atoms with Gasteiger partial charge in [-0.2, -0.15) is 13.2 Å². The van der Waals surface area contributed by atoms with Crippen molar-refractivity contribution in [2.75, 3.05) is 0 Å². The minimum absolute atomic E-state index is 0.0477. The first-order valence-corrected chi connectivity index (χ1v) is 13.3. The molecule has 2 nitrogen and oxygen atoms in total. The highest BCUT2D eigenvalue weighted by molar-refractivity contribution is 7.23. The molecule has 0 radical (unpaired) electrons. The molecule has 0 spiro atoms. The summed E-state index contributed by atoms with van der Waals surface area (Å²) in [5, 5.41) is 0. The fourth-order valence-electron chi connectivity index (χ4n) is 4.86. The highest BCUT2D eigenvalue weighted by Gasteiger charge is 2.46. The van der Waals surface area contributed by atoms with Gasteiger partial charge in [0.2, 0.25) is 0 Å². The molecule has 0 atom stereocenters. The SMILES string of the molecule is Cc1cc(C)cc(-c2ncnc3c(C)c(-c4ccc(-c5ccc(CC(C)(C)C(F)(F)F)cc5)cc4)sc23)c1. The van der Waals surface area contributed by atoms with Crippen molar-refractivity contribution in [2.24, 2.45) is 5.41 Å². The van der Waals surface area contributed by atoms with Crippen molar-refractivity contribution < 1.29 is 13.2 Å². The molecule has 194 valence electrons. The monoisotopic (exact) mass is 530 g/mol. The Morgan fingerprint density at radius 2 is 1.26 bits per heavy atom. The summed E-state index contributed by atoms with van der Waals surface area (Å²) in [5.74, 6) is 0. The maximum absolute atomic E-state index is 13.3. The Morgan fingerprint density at radius 3 is 1.84 bits per heavy atom. The third kappa shape index (κ3) is 4.97. The van der Waals surface area contributed by atoms with Gasteiger partial charge in [-0.1, -0.05) is 79.6 Å². The van der Waals surface area contributed by atoms with Crippen molar-refractivity contribution in [3.8, 4) is 32.8 Å². The van der Waals surface area contributed by atoms with E-state index in [9.17, 15) is 13.2 Å². The van der Waals surface area contributed by atoms with Crippen LogP contribution in [0.4, 0.5) is 13.2 Å². The number of fused-ring (bicyclic) bond motifs is 1. The van der Waals surface area contributed by atoms with Crippen LogP contribution in [0.25, 0.3) is 43.0 Å². The molecule has 2 aromatic heterocycles. The number of thiophene rings is 1. The molecule has 0 aliphatic rings. The molecule has 0 saturated heterocycles. The smallest absolute Gasteiger partial charge is 0.235 e. The van der Waals surface area contributed by atoms with Crippen LogP contribution in [-0.2, 0) is 6.42 Å². The number of rotatable bonds is 5. The predicted octanol–water partition coefficient (Wildman–Crippen LogP) is 9.75. The third-order valence-electron chi connectivity index (χ3n) is 7.05. The molecular weight excluding hydrogens is 501 g/mol. The summed E-state index contributed by atoms with van der Waals surface area (Å²) in [4.78, 5) is 10.4. The van der Waals surface area contributed by atoms with Crippen LogP contribution in [0.1, 0.15) is 36.1 Å². The molecule has 0 amide bonds. The van der Waals surface area contributed by atoms with E-state index in [2.05, 4.69) is 73.2 Å². The van der Waals surface area contributed by atoms with E-state index in [1.165, 1.54) is 25.0 Å². The zero-order chi connectivity index (χ0) is 27.2. The van der Waals surface area contributed by atoms with Gasteiger partial charge in [-0.05, 0) is 67.1 Å². The zero-order valence-corrected chi connectivity index (χ0v) is 22.9. The Morgan fingerprint density at radius 1 is 0.711 bits per heavy atom. The molecule has 0 N–H and O–H groups in total. The molecule has 0 aliphatic carbocycles. The molecule has 0 fully saturated rings. The lowest BCUT2D eigenvalue weighted by Gasteiger charge is -2.27. The van der Waals surface area contributed by atoms with Crippen molar-refractivity contribution in [3.05, 3.63) is 95.3 Å². The van der Waals surface area contributed by atoms with Gasteiger partial charge in [-0.3, -0.25) is 0 Å². The van der Waals surface area contributed by atoms with E-state index in [4.69, 9.17) is 0 Å². The zero-order valence-electron chi connectivity index (χ0n) is 22.1. The summed E-state index contributed by atoms with van der Waals surface area (Å²) in [6.07, 6.45) is -2.65. The van der Waals surface area contributed by atoms with Crippen molar-refractivity contribution in [1.29, 1.82) is 0 Å². The molecule has 0 saturated carbocycles. The van der Waals surface area contributed by atoms with Crippen LogP contribution in [0.5, 0.6) is 0 Å². The van der Waals surface area contributed by atoms with Gasteiger partial charge in [0.15, 0.2) is 0 Å². The van der Waals surface area contributed by atoms with E-state index in [0.29, 0.717) is 5.56 Å². The van der Waals surface area contributed by atoms with Crippen LogP contribution in [0, 0.1) is 26.2 Å². The van der Waals surface area contributed by atoms with E-state index in [-0.39, 0.29) is 6.42 Å². The van der Waals surface area contributed by atoms with Crippen molar-refractivity contribution in [2.45, 2.75) is 47.2 Å². The highest BCUT2D eigenvalue weighted by Crippen LogP contribution is 2.42. The number of hydrogen-bond donors (Lipinski definition) is 0. The van der Waals surface area contributed by atoms with Gasteiger partial charge in [-0.25, -0.2) is 9.97 Å². The normalized spacial score (nSPS) is 12.3. The van der Waals surface area contributed by atoms with Crippen molar-refractivity contribution in [1.82, 2.24) is 9.97 Å². The molecular formula is C32H29F3N2S. The van der Waals surface area contributed by atoms with Crippen LogP contribution in [0.2, 0.25) is 0 Å². The summed E-state index contributed by atoms with van der Waals surface area (Å²) in [5.41, 5.74) is 8.55. The molecule has 5 aromatic rings. The Kier molecular flexibility index (Phi) is 6.64. The Bertz CT molecular complexity index is 1590. The average Bonchev–Trinajstić information content (AvgIpc) is 3.20. The van der Waals surface area contributed by atoms with Crippen LogP contribution in [0.15, 0.2) is 73.1 Å². The maximum Gasteiger partial charge on any atom is 0.394 e. The number of benzene rings is 3. The second-order valence-electron chi connectivity index (χ2n) is 10.7. The maximum atomic E-state index is 13.3. The fourth-order valence-corrected chi connectivity index (χ4v) is 6.13. The number of nitrogens with zero attached hydrogens (tertiary/aromatic N) is 2. The first-order chi connectivity index (χ1) is 17.9. The minimum atomic E-state index is -4.24. The summed E-state index contributed by atoms with van der Waals surface area (Å²) in [7, 11) is 0.